The summed E-state index contributed by atoms with van der Waals surface area (Å²) < 4.78 is 4.52. The van der Waals surface area contributed by atoms with E-state index in [2.05, 4.69) is 4.74 Å². The second kappa shape index (κ2) is 6.23. The van der Waals surface area contributed by atoms with Crippen molar-refractivity contribution >= 4 is 5.97 Å². The van der Waals surface area contributed by atoms with Crippen LogP contribution in [0.15, 0.2) is 30.3 Å². The first-order valence-corrected chi connectivity index (χ1v) is 3.43. The van der Waals surface area contributed by atoms with Crippen LogP contribution in [0, 0.1) is 0 Å². The molecule has 2 nitrogen and oxygen atoms in total. The molecule has 0 heterocycles. The molecule has 0 aliphatic rings. The van der Waals surface area contributed by atoms with Crippen LogP contribution in [-0.2, 0) is 16.0 Å². The predicted molar refractivity (Wildman–Crippen MR) is 43.3 cm³/mol. The summed E-state index contributed by atoms with van der Waals surface area (Å²) in [6.07, 6.45) is 0.358. The van der Waals surface area contributed by atoms with Crippen molar-refractivity contribution in [1.29, 1.82) is 0 Å². The summed E-state index contributed by atoms with van der Waals surface area (Å²) in [5, 5.41) is 0. The van der Waals surface area contributed by atoms with Crippen molar-refractivity contribution in [2.45, 2.75) is 6.42 Å². The normalized spacial score (nSPS) is 8.42. The number of hydrogen-bond acceptors (Lipinski definition) is 2. The molecule has 0 aliphatic heterocycles. The third-order valence-corrected chi connectivity index (χ3v) is 1.42. The first-order valence-electron chi connectivity index (χ1n) is 3.43. The molecule has 0 unspecified atom stereocenters. The topological polar surface area (TPSA) is 26.3 Å². The van der Waals surface area contributed by atoms with Gasteiger partial charge in [-0.15, -0.1) is 0 Å². The summed E-state index contributed by atoms with van der Waals surface area (Å²) in [5.41, 5.74) is 0.986. The molecule has 0 saturated heterocycles. The largest absolute Gasteiger partial charge is 1.00 e. The van der Waals surface area contributed by atoms with Gasteiger partial charge in [-0.3, -0.25) is 4.79 Å². The van der Waals surface area contributed by atoms with Gasteiger partial charge in [0.25, 0.3) is 0 Å². The molecule has 0 atom stereocenters. The average molecular weight is 174 g/mol. The van der Waals surface area contributed by atoms with Gasteiger partial charge in [0.15, 0.2) is 0 Å². The Labute approximate surface area is 95.7 Å². The number of rotatable bonds is 2. The zero-order valence-electron chi connectivity index (χ0n) is 8.41. The van der Waals surface area contributed by atoms with Crippen LogP contribution in [0.1, 0.15) is 6.99 Å². The molecule has 1 aromatic rings. The summed E-state index contributed by atoms with van der Waals surface area (Å²) in [6, 6.07) is 9.52. The molecular formula is C9H11NaO2. The van der Waals surface area contributed by atoms with Gasteiger partial charge < -0.3 is 6.16 Å². The summed E-state index contributed by atoms with van der Waals surface area (Å²) >= 11 is 0. The van der Waals surface area contributed by atoms with Crippen molar-refractivity contribution in [1.82, 2.24) is 0 Å². The minimum atomic E-state index is -0.198. The molecule has 0 aliphatic carbocycles. The standard InChI is InChI=1S/C9H10O2.Na.H/c1-11-9(10)7-8-5-3-2-4-6-8;;/h2-6H,7H2,1H3;;/q;+1;-1. The van der Waals surface area contributed by atoms with Gasteiger partial charge in [-0.1, -0.05) is 30.3 Å². The van der Waals surface area contributed by atoms with E-state index >= 15 is 0 Å². The van der Waals surface area contributed by atoms with Gasteiger partial charge in [-0.05, 0) is 5.56 Å². The third kappa shape index (κ3) is 3.90. The SMILES string of the molecule is COC(=O)Cc1ccccc1.[H-].[Na+]. The van der Waals surface area contributed by atoms with Crippen molar-refractivity contribution in [3.05, 3.63) is 35.9 Å². The fourth-order valence-corrected chi connectivity index (χ4v) is 0.835. The quantitative estimate of drug-likeness (QED) is 0.404. The minimum absolute atomic E-state index is 0. The summed E-state index contributed by atoms with van der Waals surface area (Å²) in [6.45, 7) is 0. The van der Waals surface area contributed by atoms with Crippen molar-refractivity contribution < 1.29 is 40.5 Å². The van der Waals surface area contributed by atoms with Gasteiger partial charge >= 0.3 is 35.5 Å². The molecule has 0 fully saturated rings. The van der Waals surface area contributed by atoms with Gasteiger partial charge in [-0.25, -0.2) is 0 Å². The fourth-order valence-electron chi connectivity index (χ4n) is 0.835. The average Bonchev–Trinajstić information content (AvgIpc) is 2.06. The van der Waals surface area contributed by atoms with E-state index in [4.69, 9.17) is 0 Å². The van der Waals surface area contributed by atoms with Crippen LogP contribution in [0.25, 0.3) is 0 Å². The molecule has 0 aromatic heterocycles. The second-order valence-electron chi connectivity index (χ2n) is 2.24. The molecule has 0 amide bonds. The van der Waals surface area contributed by atoms with Crippen LogP contribution in [0.2, 0.25) is 0 Å². The Morgan fingerprint density at radius 1 is 1.42 bits per heavy atom. The zero-order valence-corrected chi connectivity index (χ0v) is 9.41. The summed E-state index contributed by atoms with van der Waals surface area (Å²) in [5.74, 6) is -0.198. The van der Waals surface area contributed by atoms with E-state index in [-0.39, 0.29) is 37.0 Å². The van der Waals surface area contributed by atoms with E-state index in [1.807, 2.05) is 30.3 Å². The molecule has 0 saturated carbocycles. The van der Waals surface area contributed by atoms with Crippen LogP contribution in [-0.4, -0.2) is 13.1 Å². The maximum atomic E-state index is 10.8. The molecular weight excluding hydrogens is 163 g/mol. The van der Waals surface area contributed by atoms with E-state index in [0.717, 1.165) is 5.56 Å². The molecule has 0 bridgehead atoms. The van der Waals surface area contributed by atoms with Gasteiger partial charge in [0.1, 0.15) is 0 Å². The maximum absolute atomic E-state index is 10.8. The van der Waals surface area contributed by atoms with Crippen molar-refractivity contribution in [2.75, 3.05) is 7.11 Å². The number of carbonyl (C=O) groups is 1. The van der Waals surface area contributed by atoms with Crippen molar-refractivity contribution in [2.24, 2.45) is 0 Å². The Bertz CT molecular complexity index is 239. The van der Waals surface area contributed by atoms with Gasteiger partial charge in [0.2, 0.25) is 0 Å². The monoisotopic (exact) mass is 174 g/mol. The summed E-state index contributed by atoms with van der Waals surface area (Å²) in [7, 11) is 1.39. The number of ether oxygens (including phenoxy) is 1. The molecule has 1 aromatic carbocycles. The van der Waals surface area contributed by atoms with Crippen molar-refractivity contribution in [3.8, 4) is 0 Å². The molecule has 60 valence electrons. The molecule has 0 N–H and O–H groups in total. The molecule has 12 heavy (non-hydrogen) atoms. The predicted octanol–water partition coefficient (Wildman–Crippen LogP) is -1.48. The Balaban J connectivity index is 0. The minimum Gasteiger partial charge on any atom is -1.00 e. The van der Waals surface area contributed by atoms with E-state index in [1.165, 1.54) is 7.11 Å². The van der Waals surface area contributed by atoms with Crippen molar-refractivity contribution in [3.63, 3.8) is 0 Å². The Kier molecular flexibility index (Phi) is 6.07. The molecule has 0 radical (unpaired) electrons. The smallest absolute Gasteiger partial charge is 1.00 e. The van der Waals surface area contributed by atoms with Crippen LogP contribution >= 0.6 is 0 Å². The van der Waals surface area contributed by atoms with E-state index in [1.54, 1.807) is 0 Å². The number of hydrogen-bond donors (Lipinski definition) is 0. The van der Waals surface area contributed by atoms with E-state index in [9.17, 15) is 4.79 Å². The summed E-state index contributed by atoms with van der Waals surface area (Å²) in [4.78, 5) is 10.8. The van der Waals surface area contributed by atoms with Crippen LogP contribution < -0.4 is 29.6 Å². The van der Waals surface area contributed by atoms with Gasteiger partial charge in [0, 0.05) is 0 Å². The molecule has 1 rings (SSSR count). The Morgan fingerprint density at radius 2 is 2.00 bits per heavy atom. The first kappa shape index (κ1) is 11.7. The first-order chi connectivity index (χ1) is 5.33. The zero-order chi connectivity index (χ0) is 8.10. The number of benzene rings is 1. The number of methoxy groups -OCH3 is 1. The molecule has 0 spiro atoms. The van der Waals surface area contributed by atoms with Crippen LogP contribution in [0.3, 0.4) is 0 Å². The number of esters is 1. The third-order valence-electron chi connectivity index (χ3n) is 1.42. The van der Waals surface area contributed by atoms with Crippen LogP contribution in [0.4, 0.5) is 0 Å². The van der Waals surface area contributed by atoms with Crippen LogP contribution in [0.5, 0.6) is 0 Å². The number of carbonyl (C=O) groups excluding carboxylic acids is 1. The fraction of sp³-hybridized carbons (Fsp3) is 0.222. The second-order valence-corrected chi connectivity index (χ2v) is 2.24. The Morgan fingerprint density at radius 3 is 2.50 bits per heavy atom. The van der Waals surface area contributed by atoms with Gasteiger partial charge in [-0.2, -0.15) is 0 Å². The van der Waals surface area contributed by atoms with E-state index < -0.39 is 0 Å². The van der Waals surface area contributed by atoms with Gasteiger partial charge in [0.05, 0.1) is 13.5 Å². The maximum Gasteiger partial charge on any atom is 1.00 e. The van der Waals surface area contributed by atoms with E-state index in [0.29, 0.717) is 6.42 Å². The Hall–Kier alpha value is -0.310. The molecule has 3 heteroatoms.